The SMILES string of the molecule is OCCN(CCO)CCCN(CCO)CCN(CCO)CCO. The average Bonchev–Trinajstić information content (AvgIpc) is 2.53. The Hall–Kier alpha value is -0.320. The van der Waals surface area contributed by atoms with E-state index in [1.807, 2.05) is 9.80 Å². The number of nitrogens with zero attached hydrogens (tertiary/aromatic N) is 3. The van der Waals surface area contributed by atoms with Crippen molar-refractivity contribution in [3.63, 3.8) is 0 Å². The minimum atomic E-state index is 0.0667. The van der Waals surface area contributed by atoms with E-state index in [4.69, 9.17) is 20.4 Å². The van der Waals surface area contributed by atoms with Gasteiger partial charge in [-0.05, 0) is 19.5 Å². The first-order valence-electron chi connectivity index (χ1n) is 8.43. The highest BCUT2D eigenvalue weighted by molar-refractivity contribution is 4.65. The van der Waals surface area contributed by atoms with E-state index in [2.05, 4.69) is 4.90 Å². The van der Waals surface area contributed by atoms with Gasteiger partial charge in [-0.2, -0.15) is 0 Å². The van der Waals surface area contributed by atoms with Crippen molar-refractivity contribution < 1.29 is 25.5 Å². The first kappa shape index (κ1) is 22.7. The van der Waals surface area contributed by atoms with Gasteiger partial charge in [0.25, 0.3) is 0 Å². The third-order valence-electron chi connectivity index (χ3n) is 3.76. The van der Waals surface area contributed by atoms with Gasteiger partial charge in [0.1, 0.15) is 0 Å². The van der Waals surface area contributed by atoms with E-state index in [0.717, 1.165) is 32.6 Å². The molecule has 0 aliphatic rings. The van der Waals surface area contributed by atoms with Crippen LogP contribution >= 0.6 is 0 Å². The van der Waals surface area contributed by atoms with Crippen LogP contribution in [0.5, 0.6) is 0 Å². The van der Waals surface area contributed by atoms with Gasteiger partial charge in [-0.1, -0.05) is 0 Å². The number of hydrogen-bond acceptors (Lipinski definition) is 8. The third-order valence-corrected chi connectivity index (χ3v) is 3.76. The molecule has 0 rings (SSSR count). The molecular formula is C15H35N3O5. The van der Waals surface area contributed by atoms with E-state index < -0.39 is 0 Å². The molecule has 8 nitrogen and oxygen atoms in total. The Morgan fingerprint density at radius 3 is 0.913 bits per heavy atom. The summed E-state index contributed by atoms with van der Waals surface area (Å²) in [6.07, 6.45) is 0.889. The fraction of sp³-hybridized carbons (Fsp3) is 1.00. The van der Waals surface area contributed by atoms with Crippen molar-refractivity contribution in [3.8, 4) is 0 Å². The summed E-state index contributed by atoms with van der Waals surface area (Å²) in [5.41, 5.74) is 0. The summed E-state index contributed by atoms with van der Waals surface area (Å²) in [5.74, 6) is 0. The Balaban J connectivity index is 4.12. The molecule has 8 heteroatoms. The lowest BCUT2D eigenvalue weighted by atomic mass is 10.3. The molecule has 0 saturated carbocycles. The van der Waals surface area contributed by atoms with Crippen LogP contribution in [0, 0.1) is 0 Å². The molecule has 0 fully saturated rings. The molecule has 0 heterocycles. The first-order valence-corrected chi connectivity index (χ1v) is 8.43. The molecular weight excluding hydrogens is 302 g/mol. The molecule has 0 spiro atoms. The molecule has 5 N–H and O–H groups in total. The minimum Gasteiger partial charge on any atom is -0.395 e. The Labute approximate surface area is 139 Å². The zero-order chi connectivity index (χ0) is 17.3. The maximum Gasteiger partial charge on any atom is 0.0558 e. The predicted molar refractivity (Wildman–Crippen MR) is 89.4 cm³/mol. The maximum absolute atomic E-state index is 9.17. The number of aliphatic hydroxyl groups excluding tert-OH is 5. The van der Waals surface area contributed by atoms with Crippen molar-refractivity contribution in [2.45, 2.75) is 6.42 Å². The van der Waals surface area contributed by atoms with Gasteiger partial charge >= 0.3 is 0 Å². The highest BCUT2D eigenvalue weighted by Crippen LogP contribution is 1.97. The van der Waals surface area contributed by atoms with Gasteiger partial charge in [0.2, 0.25) is 0 Å². The highest BCUT2D eigenvalue weighted by Gasteiger charge is 2.10. The monoisotopic (exact) mass is 337 g/mol. The van der Waals surface area contributed by atoms with Crippen LogP contribution in [0.25, 0.3) is 0 Å². The molecule has 0 aromatic carbocycles. The smallest absolute Gasteiger partial charge is 0.0558 e. The molecule has 0 bridgehead atoms. The highest BCUT2D eigenvalue weighted by atomic mass is 16.3. The fourth-order valence-electron chi connectivity index (χ4n) is 2.51. The molecule has 0 atom stereocenters. The molecule has 140 valence electrons. The summed E-state index contributed by atoms with van der Waals surface area (Å²) in [6, 6.07) is 0. The zero-order valence-electron chi connectivity index (χ0n) is 14.2. The largest absolute Gasteiger partial charge is 0.395 e. The van der Waals surface area contributed by atoms with Crippen LogP contribution < -0.4 is 0 Å². The fourth-order valence-corrected chi connectivity index (χ4v) is 2.51. The Morgan fingerprint density at radius 2 is 0.609 bits per heavy atom. The maximum atomic E-state index is 9.17. The predicted octanol–water partition coefficient (Wildman–Crippen LogP) is -2.76. The quantitative estimate of drug-likeness (QED) is 0.194. The molecule has 0 amide bonds. The zero-order valence-corrected chi connectivity index (χ0v) is 14.2. The van der Waals surface area contributed by atoms with Gasteiger partial charge in [-0.15, -0.1) is 0 Å². The second-order valence-corrected chi connectivity index (χ2v) is 5.50. The van der Waals surface area contributed by atoms with Crippen LogP contribution in [0.2, 0.25) is 0 Å². The van der Waals surface area contributed by atoms with E-state index in [1.165, 1.54) is 0 Å². The molecule has 0 radical (unpaired) electrons. The number of rotatable bonds is 17. The second-order valence-electron chi connectivity index (χ2n) is 5.50. The van der Waals surface area contributed by atoms with Crippen LogP contribution in [0.1, 0.15) is 6.42 Å². The van der Waals surface area contributed by atoms with Crippen molar-refractivity contribution in [1.29, 1.82) is 0 Å². The van der Waals surface area contributed by atoms with Crippen LogP contribution in [0.3, 0.4) is 0 Å². The molecule has 0 aromatic heterocycles. The summed E-state index contributed by atoms with van der Waals surface area (Å²) in [4.78, 5) is 6.16. The summed E-state index contributed by atoms with van der Waals surface area (Å²) in [7, 11) is 0. The van der Waals surface area contributed by atoms with Crippen LogP contribution in [-0.2, 0) is 0 Å². The molecule has 0 aliphatic heterocycles. The lowest BCUT2D eigenvalue weighted by molar-refractivity contribution is 0.125. The normalized spacial score (nSPS) is 12.0. The second kappa shape index (κ2) is 16.5. The van der Waals surface area contributed by atoms with Crippen molar-refractivity contribution in [2.24, 2.45) is 0 Å². The van der Waals surface area contributed by atoms with E-state index in [-0.39, 0.29) is 33.0 Å². The number of aliphatic hydroxyl groups is 5. The molecule has 0 saturated heterocycles. The molecule has 0 aromatic rings. The Morgan fingerprint density at radius 1 is 0.348 bits per heavy atom. The van der Waals surface area contributed by atoms with Crippen molar-refractivity contribution >= 4 is 0 Å². The van der Waals surface area contributed by atoms with Crippen molar-refractivity contribution in [2.75, 3.05) is 91.9 Å². The third kappa shape index (κ3) is 12.7. The van der Waals surface area contributed by atoms with Gasteiger partial charge in [-0.25, -0.2) is 0 Å². The Bertz CT molecular complexity index is 237. The van der Waals surface area contributed by atoms with Gasteiger partial charge < -0.3 is 25.5 Å². The summed E-state index contributed by atoms with van der Waals surface area (Å²) in [5, 5.41) is 45.2. The van der Waals surface area contributed by atoms with E-state index in [0.29, 0.717) is 32.7 Å². The van der Waals surface area contributed by atoms with Gasteiger partial charge in [0.05, 0.1) is 33.0 Å². The van der Waals surface area contributed by atoms with Crippen LogP contribution in [0.4, 0.5) is 0 Å². The van der Waals surface area contributed by atoms with Crippen molar-refractivity contribution in [1.82, 2.24) is 14.7 Å². The molecule has 0 unspecified atom stereocenters. The van der Waals surface area contributed by atoms with E-state index in [9.17, 15) is 5.11 Å². The summed E-state index contributed by atoms with van der Waals surface area (Å²) >= 11 is 0. The van der Waals surface area contributed by atoms with E-state index in [1.54, 1.807) is 0 Å². The van der Waals surface area contributed by atoms with Crippen molar-refractivity contribution in [3.05, 3.63) is 0 Å². The van der Waals surface area contributed by atoms with Gasteiger partial charge in [0, 0.05) is 45.8 Å². The van der Waals surface area contributed by atoms with Gasteiger partial charge in [-0.3, -0.25) is 14.7 Å². The first-order chi connectivity index (χ1) is 11.2. The standard InChI is InChI=1S/C15H35N3O5/c19-11-6-16(4-5-18(9-14-22)10-15-23)2-1-3-17(7-12-20)8-13-21/h19-23H,1-15H2. The van der Waals surface area contributed by atoms with Crippen LogP contribution in [0.15, 0.2) is 0 Å². The minimum absolute atomic E-state index is 0.0667. The topological polar surface area (TPSA) is 111 Å². The lowest BCUT2D eigenvalue weighted by Crippen LogP contribution is -2.40. The Kier molecular flexibility index (Phi) is 16.3. The van der Waals surface area contributed by atoms with E-state index >= 15 is 0 Å². The number of hydrogen-bond donors (Lipinski definition) is 5. The average molecular weight is 337 g/mol. The van der Waals surface area contributed by atoms with Gasteiger partial charge in [0.15, 0.2) is 0 Å². The summed E-state index contributed by atoms with van der Waals surface area (Å²) in [6.45, 7) is 6.27. The van der Waals surface area contributed by atoms with Crippen LogP contribution in [-0.4, -0.2) is 132 Å². The summed E-state index contributed by atoms with van der Waals surface area (Å²) < 4.78 is 0. The lowest BCUT2D eigenvalue weighted by Gasteiger charge is -2.27. The molecule has 0 aliphatic carbocycles. The molecule has 23 heavy (non-hydrogen) atoms.